The number of hydrogen-bond acceptors (Lipinski definition) is 3. The lowest BCUT2D eigenvalue weighted by molar-refractivity contribution is -0.145. The Kier molecular flexibility index (Phi) is 5.05. The molecule has 1 aliphatic rings. The van der Waals surface area contributed by atoms with Crippen LogP contribution < -0.4 is 5.73 Å². The van der Waals surface area contributed by atoms with Crippen LogP contribution in [-0.2, 0) is 9.53 Å². The van der Waals surface area contributed by atoms with Gasteiger partial charge in [0.2, 0.25) is 0 Å². The van der Waals surface area contributed by atoms with Crippen LogP contribution in [0.5, 0.6) is 0 Å². The Morgan fingerprint density at radius 2 is 2.33 bits per heavy atom. The highest BCUT2D eigenvalue weighted by atomic mass is 16.5. The molecule has 0 bridgehead atoms. The minimum Gasteiger partial charge on any atom is -0.369 e. The Morgan fingerprint density at radius 1 is 1.60 bits per heavy atom. The molecule has 2 unspecified atom stereocenters. The van der Waals surface area contributed by atoms with Crippen LogP contribution in [0.25, 0.3) is 0 Å². The van der Waals surface area contributed by atoms with E-state index in [1.54, 1.807) is 0 Å². The maximum absolute atomic E-state index is 12.0. The third-order valence-electron chi connectivity index (χ3n) is 2.95. The highest BCUT2D eigenvalue weighted by molar-refractivity contribution is 5.81. The van der Waals surface area contributed by atoms with E-state index in [1.807, 2.05) is 18.7 Å². The van der Waals surface area contributed by atoms with E-state index in [1.165, 1.54) is 6.42 Å². The van der Waals surface area contributed by atoms with Gasteiger partial charge in [-0.15, -0.1) is 0 Å². The largest absolute Gasteiger partial charge is 0.369 e. The zero-order chi connectivity index (χ0) is 11.3. The van der Waals surface area contributed by atoms with Crippen molar-refractivity contribution in [1.82, 2.24) is 4.90 Å². The fraction of sp³-hybridized carbons (Fsp3) is 0.909. The van der Waals surface area contributed by atoms with Gasteiger partial charge in [-0.2, -0.15) is 0 Å². The van der Waals surface area contributed by atoms with E-state index in [2.05, 4.69) is 0 Å². The Hall–Kier alpha value is -0.610. The lowest BCUT2D eigenvalue weighted by Crippen LogP contribution is -2.50. The van der Waals surface area contributed by atoms with Crippen LogP contribution >= 0.6 is 0 Å². The summed E-state index contributed by atoms with van der Waals surface area (Å²) >= 11 is 0. The van der Waals surface area contributed by atoms with Crippen LogP contribution in [-0.4, -0.2) is 42.6 Å². The fourth-order valence-corrected chi connectivity index (χ4v) is 2.09. The van der Waals surface area contributed by atoms with E-state index in [-0.39, 0.29) is 18.1 Å². The molecule has 1 fully saturated rings. The van der Waals surface area contributed by atoms with Gasteiger partial charge in [0.15, 0.2) is 0 Å². The van der Waals surface area contributed by atoms with Crippen molar-refractivity contribution < 1.29 is 9.53 Å². The third-order valence-corrected chi connectivity index (χ3v) is 2.95. The Labute approximate surface area is 91.8 Å². The first-order chi connectivity index (χ1) is 7.20. The van der Waals surface area contributed by atoms with Crippen molar-refractivity contribution in [2.24, 2.45) is 5.73 Å². The van der Waals surface area contributed by atoms with E-state index < -0.39 is 0 Å². The first-order valence-corrected chi connectivity index (χ1v) is 5.82. The van der Waals surface area contributed by atoms with Crippen molar-refractivity contribution >= 4 is 5.91 Å². The number of rotatable bonds is 4. The van der Waals surface area contributed by atoms with Crippen LogP contribution in [0.1, 0.15) is 33.1 Å². The van der Waals surface area contributed by atoms with Crippen molar-refractivity contribution in [2.75, 3.05) is 19.7 Å². The number of carbonyl (C=O) groups excluding carboxylic acids is 1. The number of carbonyl (C=O) groups is 1. The van der Waals surface area contributed by atoms with Gasteiger partial charge in [-0.3, -0.25) is 4.79 Å². The molecule has 1 amide bonds. The number of ether oxygens (including phenoxy) is 1. The second-order valence-corrected chi connectivity index (χ2v) is 4.01. The third kappa shape index (κ3) is 3.18. The summed E-state index contributed by atoms with van der Waals surface area (Å²) in [7, 11) is 0. The van der Waals surface area contributed by atoms with Crippen LogP contribution in [0.15, 0.2) is 0 Å². The highest BCUT2D eigenvalue weighted by Gasteiger charge is 2.28. The van der Waals surface area contributed by atoms with E-state index >= 15 is 0 Å². The number of amides is 1. The molecular weight excluding hydrogens is 192 g/mol. The molecule has 0 aromatic carbocycles. The summed E-state index contributed by atoms with van der Waals surface area (Å²) in [5.41, 5.74) is 5.67. The van der Waals surface area contributed by atoms with Gasteiger partial charge in [0.05, 0.1) is 0 Å². The van der Waals surface area contributed by atoms with Gasteiger partial charge < -0.3 is 15.4 Å². The van der Waals surface area contributed by atoms with Crippen molar-refractivity contribution in [3.8, 4) is 0 Å². The van der Waals surface area contributed by atoms with Gasteiger partial charge in [0.25, 0.3) is 5.91 Å². The maximum Gasteiger partial charge on any atom is 0.251 e. The topological polar surface area (TPSA) is 55.6 Å². The molecule has 1 rings (SSSR count). The number of hydrogen-bond donors (Lipinski definition) is 1. The molecule has 88 valence electrons. The van der Waals surface area contributed by atoms with Crippen LogP contribution in [0.2, 0.25) is 0 Å². The van der Waals surface area contributed by atoms with E-state index in [4.69, 9.17) is 10.5 Å². The van der Waals surface area contributed by atoms with Crippen LogP contribution in [0.3, 0.4) is 0 Å². The van der Waals surface area contributed by atoms with Gasteiger partial charge in [0, 0.05) is 25.7 Å². The molecular formula is C11H22N2O2. The lowest BCUT2D eigenvalue weighted by Gasteiger charge is -2.36. The Bertz CT molecular complexity index is 209. The van der Waals surface area contributed by atoms with Crippen LogP contribution in [0.4, 0.5) is 0 Å². The smallest absolute Gasteiger partial charge is 0.251 e. The molecule has 0 saturated carbocycles. The molecule has 1 aliphatic heterocycles. The predicted molar refractivity (Wildman–Crippen MR) is 59.5 cm³/mol. The van der Waals surface area contributed by atoms with Gasteiger partial charge in [-0.25, -0.2) is 0 Å². The molecule has 4 heteroatoms. The minimum atomic E-state index is -0.331. The first-order valence-electron chi connectivity index (χ1n) is 5.82. The molecule has 0 aliphatic carbocycles. The summed E-state index contributed by atoms with van der Waals surface area (Å²) < 4.78 is 5.32. The standard InChI is InChI=1S/C11H22N2O2/c1-3-15-9(2)11(14)13-7-5-4-6-10(13)8-12/h9-10H,3-8,12H2,1-2H3. The van der Waals surface area contributed by atoms with Crippen LogP contribution in [0, 0.1) is 0 Å². The number of likely N-dealkylation sites (tertiary alicyclic amines) is 1. The quantitative estimate of drug-likeness (QED) is 0.751. The molecule has 0 aromatic heterocycles. The number of piperidine rings is 1. The SMILES string of the molecule is CCOC(C)C(=O)N1CCCCC1CN. The molecule has 1 saturated heterocycles. The van der Waals surface area contributed by atoms with E-state index in [9.17, 15) is 4.79 Å². The van der Waals surface area contributed by atoms with Crippen molar-refractivity contribution in [3.63, 3.8) is 0 Å². The lowest BCUT2D eigenvalue weighted by atomic mass is 10.0. The van der Waals surface area contributed by atoms with Gasteiger partial charge in [0.1, 0.15) is 6.10 Å². The van der Waals surface area contributed by atoms with E-state index in [0.29, 0.717) is 13.2 Å². The molecule has 0 spiro atoms. The number of nitrogens with zero attached hydrogens (tertiary/aromatic N) is 1. The molecule has 15 heavy (non-hydrogen) atoms. The van der Waals surface area contributed by atoms with Crippen molar-refractivity contribution in [1.29, 1.82) is 0 Å². The second-order valence-electron chi connectivity index (χ2n) is 4.01. The van der Waals surface area contributed by atoms with Crippen molar-refractivity contribution in [3.05, 3.63) is 0 Å². The summed E-state index contributed by atoms with van der Waals surface area (Å²) in [6, 6.07) is 0.217. The summed E-state index contributed by atoms with van der Waals surface area (Å²) in [6.07, 6.45) is 2.96. The molecule has 2 atom stereocenters. The zero-order valence-electron chi connectivity index (χ0n) is 9.74. The Balaban J connectivity index is 2.55. The average molecular weight is 214 g/mol. The normalized spacial score (nSPS) is 23.9. The molecule has 2 N–H and O–H groups in total. The zero-order valence-corrected chi connectivity index (χ0v) is 9.74. The molecule has 4 nitrogen and oxygen atoms in total. The molecule has 0 radical (unpaired) electrons. The van der Waals surface area contributed by atoms with Gasteiger partial charge in [-0.05, 0) is 33.1 Å². The highest BCUT2D eigenvalue weighted by Crippen LogP contribution is 2.17. The van der Waals surface area contributed by atoms with Gasteiger partial charge >= 0.3 is 0 Å². The fourth-order valence-electron chi connectivity index (χ4n) is 2.09. The van der Waals surface area contributed by atoms with Gasteiger partial charge in [-0.1, -0.05) is 0 Å². The van der Waals surface area contributed by atoms with E-state index in [0.717, 1.165) is 19.4 Å². The second kappa shape index (κ2) is 6.08. The summed E-state index contributed by atoms with van der Waals surface area (Å²) in [5.74, 6) is 0.0898. The summed E-state index contributed by atoms with van der Waals surface area (Å²) in [4.78, 5) is 13.9. The predicted octanol–water partition coefficient (Wildman–Crippen LogP) is 0.751. The number of nitrogens with two attached hydrogens (primary N) is 1. The maximum atomic E-state index is 12.0. The first kappa shape index (κ1) is 12.5. The molecule has 1 heterocycles. The summed E-state index contributed by atoms with van der Waals surface area (Å²) in [6.45, 7) is 5.69. The monoisotopic (exact) mass is 214 g/mol. The minimum absolute atomic E-state index is 0.0898. The summed E-state index contributed by atoms with van der Waals surface area (Å²) in [5, 5.41) is 0. The molecule has 0 aromatic rings. The Morgan fingerprint density at radius 3 is 2.93 bits per heavy atom. The van der Waals surface area contributed by atoms with Crippen molar-refractivity contribution in [2.45, 2.75) is 45.3 Å². The average Bonchev–Trinajstić information content (AvgIpc) is 2.28.